The predicted octanol–water partition coefficient (Wildman–Crippen LogP) is 4.20. The van der Waals surface area contributed by atoms with Gasteiger partial charge in [-0.1, -0.05) is 11.6 Å². The second-order valence-corrected chi connectivity index (χ2v) is 7.71. The van der Waals surface area contributed by atoms with Crippen molar-refractivity contribution in [1.82, 2.24) is 9.88 Å². The van der Waals surface area contributed by atoms with Gasteiger partial charge in [0.15, 0.2) is 5.11 Å². The summed E-state index contributed by atoms with van der Waals surface area (Å²) in [6, 6.07) is 9.34. The number of piperazine rings is 1. The van der Waals surface area contributed by atoms with Crippen molar-refractivity contribution in [2.24, 2.45) is 0 Å². The van der Waals surface area contributed by atoms with Crippen LogP contribution in [-0.4, -0.2) is 41.2 Å². The van der Waals surface area contributed by atoms with E-state index >= 15 is 0 Å². The number of halogens is 2. The van der Waals surface area contributed by atoms with Crippen molar-refractivity contribution in [3.05, 3.63) is 51.1 Å². The Bertz CT molecular complexity index is 874. The quantitative estimate of drug-likeness (QED) is 0.692. The average Bonchev–Trinajstić information content (AvgIpc) is 2.62. The van der Waals surface area contributed by atoms with Crippen LogP contribution in [0.5, 0.6) is 0 Å². The monoisotopic (exact) mass is 449 g/mol. The van der Waals surface area contributed by atoms with Crippen molar-refractivity contribution in [1.29, 1.82) is 5.26 Å². The molecule has 1 aliphatic rings. The molecule has 0 aliphatic carbocycles. The second-order valence-electron chi connectivity index (χ2n) is 6.00. The van der Waals surface area contributed by atoms with Gasteiger partial charge in [0.1, 0.15) is 11.9 Å². The summed E-state index contributed by atoms with van der Waals surface area (Å²) in [5.74, 6) is 1.02. The van der Waals surface area contributed by atoms with Crippen LogP contribution in [0.3, 0.4) is 0 Å². The fraction of sp³-hybridized carbons (Fsp3) is 0.278. The Morgan fingerprint density at radius 3 is 2.65 bits per heavy atom. The molecule has 0 saturated carbocycles. The molecule has 0 amide bonds. The number of rotatable bonds is 2. The molecule has 1 aliphatic heterocycles. The Morgan fingerprint density at radius 1 is 1.31 bits per heavy atom. The number of pyridine rings is 1. The first-order valence-corrected chi connectivity index (χ1v) is 9.68. The van der Waals surface area contributed by atoms with E-state index in [4.69, 9.17) is 29.1 Å². The van der Waals surface area contributed by atoms with Crippen molar-refractivity contribution in [2.45, 2.75) is 6.92 Å². The molecule has 0 radical (unpaired) electrons. The zero-order valence-electron chi connectivity index (χ0n) is 14.2. The van der Waals surface area contributed by atoms with Crippen LogP contribution in [0, 0.1) is 18.3 Å². The van der Waals surface area contributed by atoms with E-state index in [0.717, 1.165) is 47.7 Å². The Labute approximate surface area is 171 Å². The van der Waals surface area contributed by atoms with Crippen LogP contribution in [0.15, 0.2) is 34.9 Å². The number of nitrogens with zero attached hydrogens (tertiary/aromatic N) is 4. The summed E-state index contributed by atoms with van der Waals surface area (Å²) in [5.41, 5.74) is 2.39. The fourth-order valence-electron chi connectivity index (χ4n) is 2.87. The molecule has 0 spiro atoms. The fourth-order valence-corrected chi connectivity index (χ4v) is 3.84. The number of hydrogen-bond acceptors (Lipinski definition) is 4. The highest BCUT2D eigenvalue weighted by atomic mass is 79.9. The highest BCUT2D eigenvalue weighted by Crippen LogP contribution is 2.23. The van der Waals surface area contributed by atoms with E-state index in [1.807, 2.05) is 12.3 Å². The lowest BCUT2D eigenvalue weighted by atomic mass is 10.2. The molecule has 0 unspecified atom stereocenters. The molecular formula is C18H17BrClN5S. The molecule has 8 heteroatoms. The minimum atomic E-state index is 0.418. The van der Waals surface area contributed by atoms with E-state index in [9.17, 15) is 0 Å². The lowest BCUT2D eigenvalue weighted by Crippen LogP contribution is -2.50. The summed E-state index contributed by atoms with van der Waals surface area (Å²) in [5, 5.41) is 13.2. The smallest absolute Gasteiger partial charge is 0.173 e. The third-order valence-corrected chi connectivity index (χ3v) is 5.33. The molecule has 1 fully saturated rings. The Hall–Kier alpha value is -1.88. The molecular weight excluding hydrogens is 434 g/mol. The average molecular weight is 451 g/mol. The molecule has 1 saturated heterocycles. The zero-order chi connectivity index (χ0) is 18.7. The topological polar surface area (TPSA) is 55.2 Å². The number of hydrogen-bond donors (Lipinski definition) is 1. The van der Waals surface area contributed by atoms with E-state index in [0.29, 0.717) is 15.7 Å². The van der Waals surface area contributed by atoms with Gasteiger partial charge in [-0.3, -0.25) is 0 Å². The molecule has 1 aromatic carbocycles. The molecule has 3 rings (SSSR count). The summed E-state index contributed by atoms with van der Waals surface area (Å²) in [6.07, 6.45) is 1.83. The molecule has 5 nitrogen and oxygen atoms in total. The van der Waals surface area contributed by atoms with Gasteiger partial charge in [-0.05, 0) is 64.9 Å². The highest BCUT2D eigenvalue weighted by Gasteiger charge is 2.21. The largest absolute Gasteiger partial charge is 0.353 e. The first kappa shape index (κ1) is 18.9. The number of anilines is 2. The summed E-state index contributed by atoms with van der Waals surface area (Å²) < 4.78 is 0.990. The van der Waals surface area contributed by atoms with Gasteiger partial charge in [0, 0.05) is 42.5 Å². The van der Waals surface area contributed by atoms with Crippen molar-refractivity contribution in [3.63, 3.8) is 0 Å². The zero-order valence-corrected chi connectivity index (χ0v) is 17.3. The van der Waals surface area contributed by atoms with Crippen LogP contribution < -0.4 is 10.2 Å². The first-order valence-electron chi connectivity index (χ1n) is 8.10. The lowest BCUT2D eigenvalue weighted by molar-refractivity contribution is 0.389. The molecule has 0 atom stereocenters. The Morgan fingerprint density at radius 2 is 2.04 bits per heavy atom. The third-order valence-electron chi connectivity index (χ3n) is 4.22. The van der Waals surface area contributed by atoms with Gasteiger partial charge < -0.3 is 15.1 Å². The molecule has 0 bridgehead atoms. The van der Waals surface area contributed by atoms with Gasteiger partial charge in [0.05, 0.1) is 10.6 Å². The first-order chi connectivity index (χ1) is 12.5. The maximum Gasteiger partial charge on any atom is 0.173 e. The standard InChI is InChI=1S/C18H17BrClN5S/c1-12-8-14(19)11-22-17(12)24-4-6-25(7-5-24)18(26)23-15-3-2-13(10-21)16(20)9-15/h2-3,8-9,11H,4-7H2,1H3,(H,23,26). The third kappa shape index (κ3) is 4.26. The van der Waals surface area contributed by atoms with Crippen LogP contribution in [0.1, 0.15) is 11.1 Å². The van der Waals surface area contributed by atoms with Crippen molar-refractivity contribution in [3.8, 4) is 6.07 Å². The van der Waals surface area contributed by atoms with Gasteiger partial charge in [-0.2, -0.15) is 5.26 Å². The number of nitrogens with one attached hydrogen (secondary N) is 1. The molecule has 1 N–H and O–H groups in total. The summed E-state index contributed by atoms with van der Waals surface area (Å²) >= 11 is 15.1. The van der Waals surface area contributed by atoms with Crippen LogP contribution in [0.25, 0.3) is 0 Å². The van der Waals surface area contributed by atoms with Gasteiger partial charge in [-0.15, -0.1) is 0 Å². The summed E-state index contributed by atoms with van der Waals surface area (Å²) in [7, 11) is 0. The second kappa shape index (κ2) is 8.21. The van der Waals surface area contributed by atoms with Crippen molar-refractivity contribution >= 4 is 56.4 Å². The Balaban J connectivity index is 1.60. The van der Waals surface area contributed by atoms with Crippen LogP contribution >= 0.6 is 39.7 Å². The number of aromatic nitrogens is 1. The van der Waals surface area contributed by atoms with Gasteiger partial charge in [0.2, 0.25) is 0 Å². The van der Waals surface area contributed by atoms with Gasteiger partial charge >= 0.3 is 0 Å². The van der Waals surface area contributed by atoms with Crippen LogP contribution in [-0.2, 0) is 0 Å². The predicted molar refractivity (Wildman–Crippen MR) is 113 cm³/mol. The SMILES string of the molecule is Cc1cc(Br)cnc1N1CCN(C(=S)Nc2ccc(C#N)c(Cl)c2)CC1. The van der Waals surface area contributed by atoms with E-state index in [-0.39, 0.29) is 0 Å². The molecule has 2 heterocycles. The molecule has 26 heavy (non-hydrogen) atoms. The lowest BCUT2D eigenvalue weighted by Gasteiger charge is -2.37. The maximum atomic E-state index is 8.95. The van der Waals surface area contributed by atoms with E-state index in [1.165, 1.54) is 0 Å². The van der Waals surface area contributed by atoms with Gasteiger partial charge in [-0.25, -0.2) is 4.98 Å². The minimum Gasteiger partial charge on any atom is -0.353 e. The highest BCUT2D eigenvalue weighted by molar-refractivity contribution is 9.10. The van der Waals surface area contributed by atoms with Crippen LogP contribution in [0.2, 0.25) is 5.02 Å². The minimum absolute atomic E-state index is 0.418. The van der Waals surface area contributed by atoms with E-state index in [2.05, 4.69) is 55.1 Å². The summed E-state index contributed by atoms with van der Waals surface area (Å²) in [4.78, 5) is 8.94. The molecule has 2 aromatic rings. The van der Waals surface area contributed by atoms with E-state index in [1.54, 1.807) is 12.1 Å². The molecule has 1 aromatic heterocycles. The van der Waals surface area contributed by atoms with Crippen LogP contribution in [0.4, 0.5) is 11.5 Å². The van der Waals surface area contributed by atoms with Crippen molar-refractivity contribution in [2.75, 3.05) is 36.4 Å². The maximum absolute atomic E-state index is 8.95. The van der Waals surface area contributed by atoms with E-state index < -0.39 is 0 Å². The number of nitriles is 1. The Kier molecular flexibility index (Phi) is 5.97. The normalized spacial score (nSPS) is 14.1. The van der Waals surface area contributed by atoms with Gasteiger partial charge in [0.25, 0.3) is 0 Å². The number of benzene rings is 1. The van der Waals surface area contributed by atoms with Crippen molar-refractivity contribution < 1.29 is 0 Å². The number of aryl methyl sites for hydroxylation is 1. The number of thiocarbonyl (C=S) groups is 1. The molecule has 134 valence electrons. The summed E-state index contributed by atoms with van der Waals surface area (Å²) in [6.45, 7) is 5.40.